The molecule has 1 aromatic heterocycles. The molecule has 0 fully saturated rings. The summed E-state index contributed by atoms with van der Waals surface area (Å²) in [5.74, 6) is -1.23. The van der Waals surface area contributed by atoms with Gasteiger partial charge in [-0.05, 0) is 12.0 Å². The third-order valence-corrected chi connectivity index (χ3v) is 5.57. The van der Waals surface area contributed by atoms with Crippen molar-refractivity contribution in [3.05, 3.63) is 47.5 Å². The van der Waals surface area contributed by atoms with Crippen molar-refractivity contribution in [2.24, 2.45) is 5.92 Å². The molecule has 1 aliphatic rings. The topological polar surface area (TPSA) is 96.5 Å². The summed E-state index contributed by atoms with van der Waals surface area (Å²) in [6.07, 6.45) is -2.44. The van der Waals surface area contributed by atoms with Gasteiger partial charge in [-0.2, -0.15) is 0 Å². The molecule has 32 heavy (non-hydrogen) atoms. The summed E-state index contributed by atoms with van der Waals surface area (Å²) in [4.78, 5) is 34.1. The number of methoxy groups -OCH3 is 1. The van der Waals surface area contributed by atoms with Crippen LogP contribution in [0.2, 0.25) is 0 Å². The zero-order valence-corrected chi connectivity index (χ0v) is 17.9. The number of urea groups is 1. The number of aromatic nitrogens is 2. The summed E-state index contributed by atoms with van der Waals surface area (Å²) >= 11 is 0. The highest BCUT2D eigenvalue weighted by atomic mass is 19.4. The molecular weight excluding hydrogens is 429 g/mol. The first kappa shape index (κ1) is 23.4. The van der Waals surface area contributed by atoms with E-state index in [4.69, 9.17) is 4.74 Å². The number of aromatic amines is 1. The molecule has 2 aromatic rings. The summed E-state index contributed by atoms with van der Waals surface area (Å²) in [5, 5.41) is 2.69. The smallest absolute Gasteiger partial charge is 0.467 e. The fraction of sp³-hybridized carbons (Fsp3) is 0.476. The number of hydrogen-bond donors (Lipinski definition) is 2. The van der Waals surface area contributed by atoms with Gasteiger partial charge >= 0.3 is 18.4 Å². The number of imidazole rings is 1. The van der Waals surface area contributed by atoms with Crippen molar-refractivity contribution in [3.63, 3.8) is 0 Å². The third kappa shape index (κ3) is 4.97. The molecule has 1 aromatic carbocycles. The number of rotatable bonds is 6. The van der Waals surface area contributed by atoms with E-state index in [1.807, 2.05) is 6.92 Å². The Bertz CT molecular complexity index is 963. The third-order valence-electron chi connectivity index (χ3n) is 5.57. The maximum absolute atomic E-state index is 13.3. The Labute approximate surface area is 183 Å². The number of fused-ring (bicyclic) bond motifs is 1. The van der Waals surface area contributed by atoms with Crippen molar-refractivity contribution in [1.29, 1.82) is 0 Å². The standard InChI is InChI=1S/C21H25F3N4O4/c1-4-12(2)16(19(29)31-3)27-20(30)28-10-9-14-17(26-11-25-14)18(28)13-7-5-6-8-15(13)32-21(22,23)24/h5-8,11-12,16,18H,4,9-10H2,1-3H3,(H,25,26)(H,27,30)/t12-,16+,18+/m1/s1. The van der Waals surface area contributed by atoms with E-state index in [9.17, 15) is 22.8 Å². The maximum Gasteiger partial charge on any atom is 0.573 e. The summed E-state index contributed by atoms with van der Waals surface area (Å²) in [6.45, 7) is 3.87. The number of nitrogens with zero attached hydrogens (tertiary/aromatic N) is 2. The first-order valence-corrected chi connectivity index (χ1v) is 10.2. The lowest BCUT2D eigenvalue weighted by molar-refractivity contribution is -0.275. The SMILES string of the molecule is CC[C@@H](C)[C@H](NC(=O)N1CCc2[nH]cnc2[C@@H]1c1ccccc1OC(F)(F)F)C(=O)OC. The van der Waals surface area contributed by atoms with Crippen molar-refractivity contribution in [1.82, 2.24) is 20.2 Å². The van der Waals surface area contributed by atoms with Crippen molar-refractivity contribution in [3.8, 4) is 5.75 Å². The number of alkyl halides is 3. The van der Waals surface area contributed by atoms with Gasteiger partial charge in [0.1, 0.15) is 17.8 Å². The van der Waals surface area contributed by atoms with Gasteiger partial charge in [0.05, 0.1) is 19.1 Å². The van der Waals surface area contributed by atoms with E-state index in [1.54, 1.807) is 13.0 Å². The van der Waals surface area contributed by atoms with Crippen LogP contribution < -0.4 is 10.1 Å². The Morgan fingerprint density at radius 2 is 2.06 bits per heavy atom. The molecule has 2 heterocycles. The lowest BCUT2D eigenvalue weighted by atomic mass is 9.95. The van der Waals surface area contributed by atoms with Crippen molar-refractivity contribution >= 4 is 12.0 Å². The minimum atomic E-state index is -4.90. The van der Waals surface area contributed by atoms with Gasteiger partial charge in [0, 0.05) is 24.2 Å². The molecular formula is C21H25F3N4O4. The van der Waals surface area contributed by atoms with Crippen LogP contribution >= 0.6 is 0 Å². The first-order chi connectivity index (χ1) is 15.2. The highest BCUT2D eigenvalue weighted by Crippen LogP contribution is 2.39. The molecule has 8 nitrogen and oxygen atoms in total. The van der Waals surface area contributed by atoms with Crippen LogP contribution in [0.5, 0.6) is 5.75 Å². The minimum Gasteiger partial charge on any atom is -0.467 e. The molecule has 0 saturated heterocycles. The van der Waals surface area contributed by atoms with Gasteiger partial charge in [-0.25, -0.2) is 14.6 Å². The second-order valence-electron chi connectivity index (χ2n) is 7.53. The fourth-order valence-electron chi connectivity index (χ4n) is 3.75. The van der Waals surface area contributed by atoms with Crippen LogP contribution in [0, 0.1) is 5.92 Å². The minimum absolute atomic E-state index is 0.131. The second kappa shape index (κ2) is 9.49. The molecule has 11 heteroatoms. The van der Waals surface area contributed by atoms with E-state index < -0.39 is 36.2 Å². The molecule has 0 unspecified atom stereocenters. The zero-order chi connectivity index (χ0) is 23.5. The maximum atomic E-state index is 13.3. The number of amides is 2. The number of halogens is 3. The van der Waals surface area contributed by atoms with Crippen molar-refractivity contribution in [2.45, 2.75) is 45.1 Å². The molecule has 174 valence electrons. The van der Waals surface area contributed by atoms with Gasteiger partial charge in [-0.1, -0.05) is 38.5 Å². The van der Waals surface area contributed by atoms with Gasteiger partial charge in [0.2, 0.25) is 0 Å². The highest BCUT2D eigenvalue weighted by molar-refractivity contribution is 5.84. The summed E-state index contributed by atoms with van der Waals surface area (Å²) in [5.41, 5.74) is 1.27. The highest BCUT2D eigenvalue weighted by Gasteiger charge is 2.40. The number of ether oxygens (including phenoxy) is 2. The predicted molar refractivity (Wildman–Crippen MR) is 108 cm³/mol. The molecule has 0 bridgehead atoms. The largest absolute Gasteiger partial charge is 0.573 e. The van der Waals surface area contributed by atoms with Crippen LogP contribution in [-0.4, -0.2) is 52.9 Å². The molecule has 3 atom stereocenters. The van der Waals surface area contributed by atoms with E-state index in [0.29, 0.717) is 24.2 Å². The molecule has 0 saturated carbocycles. The zero-order valence-electron chi connectivity index (χ0n) is 17.9. The Morgan fingerprint density at radius 1 is 1.34 bits per heavy atom. The molecule has 2 N–H and O–H groups in total. The molecule has 1 aliphatic heterocycles. The number of carbonyl (C=O) groups excluding carboxylic acids is 2. The molecule has 0 radical (unpaired) electrons. The molecule has 0 aliphatic carbocycles. The predicted octanol–water partition coefficient (Wildman–Crippen LogP) is 3.55. The summed E-state index contributed by atoms with van der Waals surface area (Å²) < 4.78 is 48.1. The Kier molecular flexibility index (Phi) is 6.95. The lowest BCUT2D eigenvalue weighted by Gasteiger charge is -2.37. The van der Waals surface area contributed by atoms with Crippen molar-refractivity contribution in [2.75, 3.05) is 13.7 Å². The number of H-pyrrole nitrogens is 1. The Morgan fingerprint density at radius 3 is 2.72 bits per heavy atom. The van der Waals surface area contributed by atoms with E-state index in [2.05, 4.69) is 20.0 Å². The number of nitrogens with one attached hydrogen (secondary N) is 2. The van der Waals surface area contributed by atoms with Crippen LogP contribution in [0.4, 0.5) is 18.0 Å². The summed E-state index contributed by atoms with van der Waals surface area (Å²) in [6, 6.07) is 3.17. The van der Waals surface area contributed by atoms with Crippen LogP contribution in [0.3, 0.4) is 0 Å². The van der Waals surface area contributed by atoms with Crippen molar-refractivity contribution < 1.29 is 32.2 Å². The average molecular weight is 454 g/mol. The van der Waals surface area contributed by atoms with Gasteiger partial charge in [-0.3, -0.25) is 0 Å². The van der Waals surface area contributed by atoms with E-state index >= 15 is 0 Å². The Balaban J connectivity index is 2.00. The van der Waals surface area contributed by atoms with Gasteiger partial charge in [0.15, 0.2) is 0 Å². The Hall–Kier alpha value is -3.24. The second-order valence-corrected chi connectivity index (χ2v) is 7.53. The fourth-order valence-corrected chi connectivity index (χ4v) is 3.75. The van der Waals surface area contributed by atoms with Crippen LogP contribution in [-0.2, 0) is 16.0 Å². The van der Waals surface area contributed by atoms with E-state index in [0.717, 1.165) is 0 Å². The van der Waals surface area contributed by atoms with Gasteiger partial charge in [-0.15, -0.1) is 13.2 Å². The average Bonchev–Trinajstić information content (AvgIpc) is 3.24. The number of hydrogen-bond acceptors (Lipinski definition) is 5. The van der Waals surface area contributed by atoms with Crippen LogP contribution in [0.15, 0.2) is 30.6 Å². The number of esters is 1. The van der Waals surface area contributed by atoms with Crippen LogP contribution in [0.25, 0.3) is 0 Å². The quantitative estimate of drug-likeness (QED) is 0.651. The molecule has 2 amide bonds. The van der Waals surface area contributed by atoms with Gasteiger partial charge in [0.25, 0.3) is 0 Å². The first-order valence-electron chi connectivity index (χ1n) is 10.2. The van der Waals surface area contributed by atoms with Gasteiger partial charge < -0.3 is 24.7 Å². The van der Waals surface area contributed by atoms with E-state index in [1.165, 1.54) is 36.5 Å². The lowest BCUT2D eigenvalue weighted by Crippen LogP contribution is -2.53. The number of carbonyl (C=O) groups is 2. The summed E-state index contributed by atoms with van der Waals surface area (Å²) in [7, 11) is 1.23. The van der Waals surface area contributed by atoms with Crippen LogP contribution in [0.1, 0.15) is 43.3 Å². The molecule has 0 spiro atoms. The van der Waals surface area contributed by atoms with E-state index in [-0.39, 0.29) is 18.0 Å². The number of benzene rings is 1. The molecule has 3 rings (SSSR count). The number of para-hydroxylation sites is 1. The monoisotopic (exact) mass is 454 g/mol. The normalized spacial score (nSPS) is 17.8.